The van der Waals surface area contributed by atoms with E-state index in [2.05, 4.69) is 20.3 Å². The van der Waals surface area contributed by atoms with E-state index in [4.69, 9.17) is 4.74 Å². The summed E-state index contributed by atoms with van der Waals surface area (Å²) in [6.07, 6.45) is 0.641. The van der Waals surface area contributed by atoms with E-state index in [1.165, 1.54) is 0 Å². The number of aromatic nitrogens is 2. The third kappa shape index (κ3) is 2.48. The molecule has 0 atom stereocenters. The van der Waals surface area contributed by atoms with E-state index in [1.54, 1.807) is 31.4 Å². The molecule has 0 radical (unpaired) electrons. The molecule has 0 saturated heterocycles. The molecular formula is C12H13N3O3. The minimum absolute atomic E-state index is 0.261. The molecule has 0 saturated carbocycles. The number of benzene rings is 1. The summed E-state index contributed by atoms with van der Waals surface area (Å²) >= 11 is 0. The summed E-state index contributed by atoms with van der Waals surface area (Å²) in [7, 11) is 1.57. The lowest BCUT2D eigenvalue weighted by molar-refractivity contribution is 0.102. The maximum Gasteiger partial charge on any atom is 0.256 e. The van der Waals surface area contributed by atoms with Gasteiger partial charge in [-0.05, 0) is 35.8 Å². The number of hydrogen-bond acceptors (Lipinski definition) is 5. The molecular weight excluding hydrogens is 234 g/mol. The predicted octanol–water partition coefficient (Wildman–Crippen LogP) is 1.89. The van der Waals surface area contributed by atoms with Gasteiger partial charge in [-0.3, -0.25) is 4.79 Å². The third-order valence-corrected chi connectivity index (χ3v) is 2.48. The quantitative estimate of drug-likeness (QED) is 0.892. The Balaban J connectivity index is 2.11. The standard InChI is InChI=1S/C12H13N3O3/c1-3-10-11(15-18-14-10)13-12(16)8-4-6-9(17-2)7-5-8/h4-7H,3H2,1-2H3,(H,13,15,16). The second-order valence-corrected chi connectivity index (χ2v) is 3.60. The van der Waals surface area contributed by atoms with Crippen LogP contribution < -0.4 is 10.1 Å². The van der Waals surface area contributed by atoms with Crippen LogP contribution in [0.15, 0.2) is 28.9 Å². The van der Waals surface area contributed by atoms with Crippen LogP contribution in [0.5, 0.6) is 5.75 Å². The van der Waals surface area contributed by atoms with Crippen molar-refractivity contribution >= 4 is 11.7 Å². The molecule has 0 fully saturated rings. The highest BCUT2D eigenvalue weighted by Gasteiger charge is 2.12. The van der Waals surface area contributed by atoms with E-state index < -0.39 is 0 Å². The van der Waals surface area contributed by atoms with Crippen molar-refractivity contribution in [2.24, 2.45) is 0 Å². The van der Waals surface area contributed by atoms with Gasteiger partial charge >= 0.3 is 0 Å². The predicted molar refractivity (Wildman–Crippen MR) is 64.6 cm³/mol. The average Bonchev–Trinajstić information content (AvgIpc) is 2.86. The summed E-state index contributed by atoms with van der Waals surface area (Å²) in [5, 5.41) is 9.98. The smallest absolute Gasteiger partial charge is 0.256 e. The largest absolute Gasteiger partial charge is 0.497 e. The lowest BCUT2D eigenvalue weighted by atomic mass is 10.2. The van der Waals surface area contributed by atoms with Crippen molar-refractivity contribution in [2.45, 2.75) is 13.3 Å². The van der Waals surface area contributed by atoms with Gasteiger partial charge in [-0.2, -0.15) is 0 Å². The van der Waals surface area contributed by atoms with Crippen molar-refractivity contribution in [3.63, 3.8) is 0 Å². The van der Waals surface area contributed by atoms with Crippen LogP contribution in [-0.4, -0.2) is 23.3 Å². The van der Waals surface area contributed by atoms with Crippen LogP contribution in [0.2, 0.25) is 0 Å². The topological polar surface area (TPSA) is 77.3 Å². The highest BCUT2D eigenvalue weighted by molar-refractivity contribution is 6.04. The Bertz CT molecular complexity index is 534. The Morgan fingerprint density at radius 1 is 1.33 bits per heavy atom. The van der Waals surface area contributed by atoms with Crippen LogP contribution in [0.3, 0.4) is 0 Å². The molecule has 2 rings (SSSR count). The van der Waals surface area contributed by atoms with Crippen LogP contribution in [0.25, 0.3) is 0 Å². The number of nitrogens with one attached hydrogen (secondary N) is 1. The zero-order valence-electron chi connectivity index (χ0n) is 10.1. The summed E-state index contributed by atoms with van der Waals surface area (Å²) in [4.78, 5) is 11.9. The molecule has 2 aromatic rings. The van der Waals surface area contributed by atoms with Gasteiger partial charge in [0, 0.05) is 5.56 Å². The molecule has 0 unspecified atom stereocenters. The van der Waals surface area contributed by atoms with Gasteiger partial charge in [0.15, 0.2) is 0 Å². The second kappa shape index (κ2) is 5.31. The van der Waals surface area contributed by atoms with Gasteiger partial charge < -0.3 is 10.1 Å². The summed E-state index contributed by atoms with van der Waals surface area (Å²) in [5.74, 6) is 0.797. The molecule has 6 nitrogen and oxygen atoms in total. The zero-order chi connectivity index (χ0) is 13.0. The molecule has 1 aromatic heterocycles. The highest BCUT2D eigenvalue weighted by atomic mass is 16.6. The molecule has 0 spiro atoms. The number of carbonyl (C=O) groups is 1. The second-order valence-electron chi connectivity index (χ2n) is 3.60. The Hall–Kier alpha value is -2.37. The first-order valence-electron chi connectivity index (χ1n) is 5.51. The number of anilines is 1. The van der Waals surface area contributed by atoms with Crippen LogP contribution >= 0.6 is 0 Å². The molecule has 18 heavy (non-hydrogen) atoms. The molecule has 1 amide bonds. The molecule has 0 aliphatic rings. The summed E-state index contributed by atoms with van der Waals surface area (Å²) < 4.78 is 9.60. The van der Waals surface area contributed by atoms with E-state index in [-0.39, 0.29) is 5.91 Å². The molecule has 0 bridgehead atoms. The van der Waals surface area contributed by atoms with Crippen LogP contribution in [0.1, 0.15) is 23.0 Å². The van der Waals surface area contributed by atoms with Crippen molar-refractivity contribution in [2.75, 3.05) is 12.4 Å². The fourth-order valence-corrected chi connectivity index (χ4v) is 1.46. The summed E-state index contributed by atoms with van der Waals surface area (Å²) in [5.41, 5.74) is 1.14. The van der Waals surface area contributed by atoms with Gasteiger partial charge in [-0.1, -0.05) is 12.1 Å². The maximum atomic E-state index is 11.9. The number of ether oxygens (including phenoxy) is 1. The lowest BCUT2D eigenvalue weighted by Crippen LogP contribution is -2.13. The number of carbonyl (C=O) groups excluding carboxylic acids is 1. The fraction of sp³-hybridized carbons (Fsp3) is 0.250. The van der Waals surface area contributed by atoms with E-state index >= 15 is 0 Å². The van der Waals surface area contributed by atoms with Gasteiger partial charge in [0.2, 0.25) is 5.82 Å². The number of methoxy groups -OCH3 is 1. The highest BCUT2D eigenvalue weighted by Crippen LogP contribution is 2.14. The van der Waals surface area contributed by atoms with E-state index in [0.29, 0.717) is 29.2 Å². The Morgan fingerprint density at radius 2 is 2.06 bits per heavy atom. The summed E-state index contributed by atoms with van der Waals surface area (Å²) in [6.45, 7) is 1.91. The number of hydrogen-bond donors (Lipinski definition) is 1. The Kier molecular flexibility index (Phi) is 3.57. The molecule has 1 heterocycles. The van der Waals surface area contributed by atoms with E-state index in [9.17, 15) is 4.79 Å². The first-order chi connectivity index (χ1) is 8.74. The van der Waals surface area contributed by atoms with Crippen molar-refractivity contribution in [1.82, 2.24) is 10.3 Å². The number of nitrogens with zero attached hydrogens (tertiary/aromatic N) is 2. The lowest BCUT2D eigenvalue weighted by Gasteiger charge is -2.03. The van der Waals surface area contributed by atoms with Gasteiger partial charge in [0.05, 0.1) is 7.11 Å². The van der Waals surface area contributed by atoms with Crippen molar-refractivity contribution in [3.05, 3.63) is 35.5 Å². The first kappa shape index (κ1) is 12.1. The van der Waals surface area contributed by atoms with E-state index in [0.717, 1.165) is 0 Å². The minimum Gasteiger partial charge on any atom is -0.497 e. The zero-order valence-corrected chi connectivity index (χ0v) is 10.1. The SMILES string of the molecule is CCc1nonc1NC(=O)c1ccc(OC)cc1. The maximum absolute atomic E-state index is 11.9. The van der Waals surface area contributed by atoms with Gasteiger partial charge in [0.25, 0.3) is 5.91 Å². The third-order valence-electron chi connectivity index (χ3n) is 2.48. The van der Waals surface area contributed by atoms with Gasteiger partial charge in [0.1, 0.15) is 11.4 Å². The normalized spacial score (nSPS) is 10.1. The van der Waals surface area contributed by atoms with Crippen LogP contribution in [0.4, 0.5) is 5.82 Å². The Labute approximate surface area is 104 Å². The van der Waals surface area contributed by atoms with Crippen molar-refractivity contribution in [1.29, 1.82) is 0 Å². The van der Waals surface area contributed by atoms with Gasteiger partial charge in [-0.15, -0.1) is 0 Å². The Morgan fingerprint density at radius 3 is 2.67 bits per heavy atom. The van der Waals surface area contributed by atoms with Crippen LogP contribution in [0, 0.1) is 0 Å². The van der Waals surface area contributed by atoms with Gasteiger partial charge in [-0.25, -0.2) is 4.63 Å². The molecule has 0 aliphatic heterocycles. The average molecular weight is 247 g/mol. The monoisotopic (exact) mass is 247 g/mol. The first-order valence-corrected chi connectivity index (χ1v) is 5.51. The summed E-state index contributed by atoms with van der Waals surface area (Å²) in [6, 6.07) is 6.79. The number of amides is 1. The molecule has 1 aromatic carbocycles. The minimum atomic E-state index is -0.261. The molecule has 94 valence electrons. The van der Waals surface area contributed by atoms with Crippen molar-refractivity contribution < 1.29 is 14.2 Å². The molecule has 0 aliphatic carbocycles. The fourth-order valence-electron chi connectivity index (χ4n) is 1.46. The number of aryl methyl sites for hydroxylation is 1. The van der Waals surface area contributed by atoms with Crippen LogP contribution in [-0.2, 0) is 6.42 Å². The molecule has 6 heteroatoms. The van der Waals surface area contributed by atoms with Crippen molar-refractivity contribution in [3.8, 4) is 5.75 Å². The van der Waals surface area contributed by atoms with E-state index in [1.807, 2.05) is 6.92 Å². The number of rotatable bonds is 4. The molecule has 1 N–H and O–H groups in total.